The Balaban J connectivity index is 2.25. The molecule has 0 spiro atoms. The third kappa shape index (κ3) is 2.02. The molecule has 3 rings (SSSR count). The fourth-order valence-corrected chi connectivity index (χ4v) is 3.02. The zero-order chi connectivity index (χ0) is 14.3. The molecule has 3 nitrogen and oxygen atoms in total. The molecule has 0 bridgehead atoms. The van der Waals surface area contributed by atoms with E-state index in [9.17, 15) is 0 Å². The molecule has 0 aliphatic rings. The van der Waals surface area contributed by atoms with Gasteiger partial charge in [0, 0.05) is 7.05 Å². The largest absolute Gasteiger partial charge is 0.383 e. The number of rotatable bonds is 2. The fourth-order valence-electron chi connectivity index (χ4n) is 2.30. The Hall–Kier alpha value is -2.07. The summed E-state index contributed by atoms with van der Waals surface area (Å²) in [5.74, 6) is 0.705. The number of benzene rings is 1. The third-order valence-corrected chi connectivity index (χ3v) is 4.52. The normalized spacial score (nSPS) is 10.9. The predicted octanol–water partition coefficient (Wildman–Crippen LogP) is 4.01. The second-order valence-electron chi connectivity index (χ2n) is 5.01. The summed E-state index contributed by atoms with van der Waals surface area (Å²) in [5.41, 5.74) is 11.9. The molecule has 0 radical (unpaired) electrons. The second-order valence-corrected chi connectivity index (χ2v) is 5.96. The number of hydrogen-bond acceptors (Lipinski definition) is 3. The molecule has 3 aromatic rings. The Bertz CT molecular complexity index is 754. The van der Waals surface area contributed by atoms with Gasteiger partial charge in [0.1, 0.15) is 11.5 Å². The van der Waals surface area contributed by atoms with Crippen LogP contribution in [0.5, 0.6) is 0 Å². The zero-order valence-corrected chi connectivity index (χ0v) is 12.7. The minimum atomic E-state index is 0.705. The first-order valence-electron chi connectivity index (χ1n) is 6.52. The summed E-state index contributed by atoms with van der Waals surface area (Å²) >= 11 is 1.68. The van der Waals surface area contributed by atoms with E-state index >= 15 is 0 Å². The Labute approximate surface area is 122 Å². The first-order chi connectivity index (χ1) is 9.58. The van der Waals surface area contributed by atoms with Crippen LogP contribution in [0, 0.1) is 13.8 Å². The molecule has 2 aromatic heterocycles. The summed E-state index contributed by atoms with van der Waals surface area (Å²) in [7, 11) is 1.89. The molecular formula is C16H17N3S. The maximum atomic E-state index is 6.23. The summed E-state index contributed by atoms with van der Waals surface area (Å²) in [6.45, 7) is 4.24. The van der Waals surface area contributed by atoms with E-state index in [-0.39, 0.29) is 0 Å². The van der Waals surface area contributed by atoms with Crippen LogP contribution in [-0.2, 0) is 7.05 Å². The van der Waals surface area contributed by atoms with Gasteiger partial charge >= 0.3 is 0 Å². The third-order valence-electron chi connectivity index (χ3n) is 3.64. The number of thiophene rings is 1. The molecule has 0 amide bonds. The highest BCUT2D eigenvalue weighted by atomic mass is 32.1. The van der Waals surface area contributed by atoms with Crippen molar-refractivity contribution in [1.29, 1.82) is 0 Å². The molecule has 102 valence electrons. The van der Waals surface area contributed by atoms with Gasteiger partial charge in [0.2, 0.25) is 0 Å². The van der Waals surface area contributed by atoms with Crippen LogP contribution in [0.4, 0.5) is 5.82 Å². The summed E-state index contributed by atoms with van der Waals surface area (Å²) in [6.07, 6.45) is 0. The lowest BCUT2D eigenvalue weighted by atomic mass is 10.00. The van der Waals surface area contributed by atoms with Gasteiger partial charge in [0.05, 0.1) is 10.4 Å². The van der Waals surface area contributed by atoms with Crippen LogP contribution in [0.2, 0.25) is 0 Å². The Morgan fingerprint density at radius 1 is 1.15 bits per heavy atom. The van der Waals surface area contributed by atoms with Crippen LogP contribution in [-0.4, -0.2) is 9.78 Å². The molecule has 2 N–H and O–H groups in total. The minimum absolute atomic E-state index is 0.705. The van der Waals surface area contributed by atoms with Crippen LogP contribution in [0.25, 0.3) is 21.7 Å². The lowest BCUT2D eigenvalue weighted by Gasteiger charge is -2.06. The average molecular weight is 283 g/mol. The second kappa shape index (κ2) is 4.80. The number of nitrogen functional groups attached to an aromatic ring is 1. The highest BCUT2D eigenvalue weighted by Gasteiger charge is 2.18. The number of anilines is 1. The molecule has 0 fully saturated rings. The van der Waals surface area contributed by atoms with Gasteiger partial charge in [-0.05, 0) is 42.0 Å². The Kier molecular flexibility index (Phi) is 3.10. The van der Waals surface area contributed by atoms with E-state index in [1.807, 2.05) is 13.1 Å². The maximum absolute atomic E-state index is 6.23. The van der Waals surface area contributed by atoms with E-state index in [1.165, 1.54) is 11.1 Å². The van der Waals surface area contributed by atoms with Gasteiger partial charge in [-0.2, -0.15) is 5.10 Å². The van der Waals surface area contributed by atoms with Gasteiger partial charge in [-0.25, -0.2) is 0 Å². The fraction of sp³-hybridized carbons (Fsp3) is 0.188. The Morgan fingerprint density at radius 3 is 2.60 bits per heavy atom. The lowest BCUT2D eigenvalue weighted by molar-refractivity contribution is 0.783. The number of aromatic nitrogens is 2. The summed E-state index contributed by atoms with van der Waals surface area (Å²) in [6, 6.07) is 10.5. The van der Waals surface area contributed by atoms with Crippen LogP contribution in [0.15, 0.2) is 35.7 Å². The van der Waals surface area contributed by atoms with Crippen molar-refractivity contribution >= 4 is 17.2 Å². The van der Waals surface area contributed by atoms with E-state index in [0.717, 1.165) is 21.7 Å². The van der Waals surface area contributed by atoms with Crippen molar-refractivity contribution in [3.63, 3.8) is 0 Å². The zero-order valence-electron chi connectivity index (χ0n) is 11.8. The molecule has 0 aliphatic heterocycles. The molecule has 0 atom stereocenters. The molecule has 0 saturated carbocycles. The molecular weight excluding hydrogens is 266 g/mol. The van der Waals surface area contributed by atoms with Crippen LogP contribution in [0.1, 0.15) is 11.1 Å². The lowest BCUT2D eigenvalue weighted by Crippen LogP contribution is -1.98. The van der Waals surface area contributed by atoms with Crippen molar-refractivity contribution in [2.75, 3.05) is 5.73 Å². The first kappa shape index (κ1) is 12.9. The molecule has 2 heterocycles. The standard InChI is InChI=1S/C16H17N3S/c1-10-6-7-12(9-11(10)2)14-15(13-5-4-8-20-13)18-19(3)16(14)17/h4-9H,17H2,1-3H3. The van der Waals surface area contributed by atoms with E-state index in [4.69, 9.17) is 5.73 Å². The van der Waals surface area contributed by atoms with E-state index in [0.29, 0.717) is 5.82 Å². The number of nitrogens with zero attached hydrogens (tertiary/aromatic N) is 2. The smallest absolute Gasteiger partial charge is 0.129 e. The molecule has 1 aromatic carbocycles. The van der Waals surface area contributed by atoms with Gasteiger partial charge in [-0.3, -0.25) is 4.68 Å². The van der Waals surface area contributed by atoms with E-state index in [2.05, 4.69) is 48.6 Å². The van der Waals surface area contributed by atoms with Crippen molar-refractivity contribution in [2.45, 2.75) is 13.8 Å². The molecule has 0 aliphatic carbocycles. The Morgan fingerprint density at radius 2 is 1.95 bits per heavy atom. The quantitative estimate of drug-likeness (QED) is 0.772. The molecule has 0 saturated heterocycles. The topological polar surface area (TPSA) is 43.8 Å². The predicted molar refractivity (Wildman–Crippen MR) is 85.8 cm³/mol. The van der Waals surface area contributed by atoms with Crippen LogP contribution in [0.3, 0.4) is 0 Å². The number of nitrogens with two attached hydrogens (primary N) is 1. The summed E-state index contributed by atoms with van der Waals surface area (Å²) < 4.78 is 1.75. The van der Waals surface area contributed by atoms with Crippen molar-refractivity contribution in [1.82, 2.24) is 9.78 Å². The number of hydrogen-bond donors (Lipinski definition) is 1. The molecule has 4 heteroatoms. The van der Waals surface area contributed by atoms with Crippen molar-refractivity contribution in [2.24, 2.45) is 7.05 Å². The van der Waals surface area contributed by atoms with Gasteiger partial charge in [0.15, 0.2) is 0 Å². The SMILES string of the molecule is Cc1ccc(-c2c(-c3cccs3)nn(C)c2N)cc1C. The molecule has 0 unspecified atom stereocenters. The minimum Gasteiger partial charge on any atom is -0.383 e. The highest BCUT2D eigenvalue weighted by molar-refractivity contribution is 7.13. The van der Waals surface area contributed by atoms with Gasteiger partial charge in [0.25, 0.3) is 0 Å². The number of aryl methyl sites for hydroxylation is 3. The summed E-state index contributed by atoms with van der Waals surface area (Å²) in [4.78, 5) is 1.14. The summed E-state index contributed by atoms with van der Waals surface area (Å²) in [5, 5.41) is 6.64. The van der Waals surface area contributed by atoms with Gasteiger partial charge in [-0.1, -0.05) is 24.3 Å². The van der Waals surface area contributed by atoms with Crippen LogP contribution >= 0.6 is 11.3 Å². The van der Waals surface area contributed by atoms with Gasteiger partial charge in [-0.15, -0.1) is 11.3 Å². The van der Waals surface area contributed by atoms with Crippen molar-refractivity contribution < 1.29 is 0 Å². The van der Waals surface area contributed by atoms with Crippen molar-refractivity contribution in [3.05, 3.63) is 46.8 Å². The monoisotopic (exact) mass is 283 g/mol. The average Bonchev–Trinajstić information content (AvgIpc) is 3.03. The first-order valence-corrected chi connectivity index (χ1v) is 7.40. The molecule has 20 heavy (non-hydrogen) atoms. The van der Waals surface area contributed by atoms with E-state index < -0.39 is 0 Å². The van der Waals surface area contributed by atoms with Crippen LogP contribution < -0.4 is 5.73 Å². The highest BCUT2D eigenvalue weighted by Crippen LogP contribution is 2.38. The van der Waals surface area contributed by atoms with E-state index in [1.54, 1.807) is 16.0 Å². The van der Waals surface area contributed by atoms with Gasteiger partial charge < -0.3 is 5.73 Å². The van der Waals surface area contributed by atoms with Crippen molar-refractivity contribution in [3.8, 4) is 21.7 Å². The maximum Gasteiger partial charge on any atom is 0.129 e.